The van der Waals surface area contributed by atoms with Crippen LogP contribution in [0.5, 0.6) is 0 Å². The zero-order valence-electron chi connectivity index (χ0n) is 12.2. The van der Waals surface area contributed by atoms with Gasteiger partial charge in [0.1, 0.15) is 0 Å². The van der Waals surface area contributed by atoms with Crippen LogP contribution in [-0.4, -0.2) is 28.2 Å². The van der Waals surface area contributed by atoms with Crippen LogP contribution in [0.2, 0.25) is 0 Å². The lowest BCUT2D eigenvalue weighted by Gasteiger charge is -2.25. The highest BCUT2D eigenvalue weighted by Gasteiger charge is 2.19. The van der Waals surface area contributed by atoms with Gasteiger partial charge in [-0.1, -0.05) is 20.8 Å². The summed E-state index contributed by atoms with van der Waals surface area (Å²) in [7, 11) is 0. The third-order valence-electron chi connectivity index (χ3n) is 2.93. The van der Waals surface area contributed by atoms with Gasteiger partial charge >= 0.3 is 0 Å². The first-order valence-corrected chi connectivity index (χ1v) is 6.92. The summed E-state index contributed by atoms with van der Waals surface area (Å²) in [4.78, 5) is 11.8. The van der Waals surface area contributed by atoms with Crippen molar-refractivity contribution in [1.29, 1.82) is 0 Å². The summed E-state index contributed by atoms with van der Waals surface area (Å²) in [5, 5.41) is 12.2. The Balaban J connectivity index is 2.25. The van der Waals surface area contributed by atoms with Crippen molar-refractivity contribution in [1.82, 2.24) is 9.88 Å². The molecular weight excluding hydrogens is 240 g/mol. The number of aryl methyl sites for hydroxylation is 1. The van der Waals surface area contributed by atoms with E-state index in [0.717, 1.165) is 19.4 Å². The van der Waals surface area contributed by atoms with Crippen molar-refractivity contribution in [2.24, 2.45) is 5.41 Å². The molecule has 1 aromatic rings. The number of carbonyl (C=O) groups excluding carboxylic acids is 1. The zero-order valence-corrected chi connectivity index (χ0v) is 12.2. The largest absolute Gasteiger partial charge is 0.394 e. The quantitative estimate of drug-likeness (QED) is 0.795. The molecule has 0 saturated heterocycles. The van der Waals surface area contributed by atoms with Crippen LogP contribution in [0.4, 0.5) is 0 Å². The van der Waals surface area contributed by atoms with Gasteiger partial charge in [-0.25, -0.2) is 0 Å². The van der Waals surface area contributed by atoms with E-state index >= 15 is 0 Å². The van der Waals surface area contributed by atoms with E-state index in [2.05, 4.69) is 30.7 Å². The molecule has 1 unspecified atom stereocenters. The summed E-state index contributed by atoms with van der Waals surface area (Å²) in [5.74, 6) is 0.0236. The predicted molar refractivity (Wildman–Crippen MR) is 76.8 cm³/mol. The van der Waals surface area contributed by atoms with Crippen molar-refractivity contribution in [2.45, 2.75) is 52.6 Å². The average molecular weight is 266 g/mol. The molecule has 4 nitrogen and oxygen atoms in total. The predicted octanol–water partition coefficient (Wildman–Crippen LogP) is 2.18. The number of rotatable bonds is 7. The van der Waals surface area contributed by atoms with Gasteiger partial charge in [0.15, 0.2) is 0 Å². The first-order chi connectivity index (χ1) is 8.90. The van der Waals surface area contributed by atoms with E-state index in [-0.39, 0.29) is 24.0 Å². The summed E-state index contributed by atoms with van der Waals surface area (Å²) < 4.78 is 2.06. The van der Waals surface area contributed by atoms with E-state index in [1.54, 1.807) is 0 Å². The van der Waals surface area contributed by atoms with E-state index < -0.39 is 0 Å². The number of hydrogen-bond acceptors (Lipinski definition) is 2. The second-order valence-corrected chi connectivity index (χ2v) is 6.24. The van der Waals surface area contributed by atoms with Gasteiger partial charge in [0.05, 0.1) is 12.6 Å². The maximum atomic E-state index is 11.8. The Bertz CT molecular complexity index is 366. The van der Waals surface area contributed by atoms with Crippen LogP contribution in [0.1, 0.15) is 40.0 Å². The minimum Gasteiger partial charge on any atom is -0.394 e. The highest BCUT2D eigenvalue weighted by atomic mass is 16.3. The Morgan fingerprint density at radius 1 is 1.32 bits per heavy atom. The number of aliphatic hydroxyl groups is 1. The molecule has 0 bridgehead atoms. The average Bonchev–Trinajstić information content (AvgIpc) is 2.79. The Labute approximate surface area is 115 Å². The van der Waals surface area contributed by atoms with E-state index in [9.17, 15) is 9.90 Å². The van der Waals surface area contributed by atoms with E-state index in [0.29, 0.717) is 6.42 Å². The molecule has 108 valence electrons. The van der Waals surface area contributed by atoms with Gasteiger partial charge in [0, 0.05) is 25.4 Å². The number of aromatic nitrogens is 1. The standard InChI is InChI=1S/C15H26N2O2/c1-15(2,3)11-13(12-18)16-14(19)7-6-10-17-8-4-5-9-17/h4-5,8-9,13,18H,6-7,10-12H2,1-3H3,(H,16,19). The fraction of sp³-hybridized carbons (Fsp3) is 0.667. The summed E-state index contributed by atoms with van der Waals surface area (Å²) in [5.41, 5.74) is 0.103. The topological polar surface area (TPSA) is 54.3 Å². The molecule has 1 aromatic heterocycles. The van der Waals surface area contributed by atoms with E-state index in [1.807, 2.05) is 24.5 Å². The fourth-order valence-corrected chi connectivity index (χ4v) is 2.14. The van der Waals surface area contributed by atoms with Crippen molar-refractivity contribution < 1.29 is 9.90 Å². The minimum absolute atomic E-state index is 0.000606. The molecule has 1 rings (SSSR count). The first kappa shape index (κ1) is 15.8. The first-order valence-electron chi connectivity index (χ1n) is 6.92. The summed E-state index contributed by atoms with van der Waals surface area (Å²) in [6, 6.07) is 3.82. The molecule has 1 heterocycles. The Morgan fingerprint density at radius 3 is 2.47 bits per heavy atom. The van der Waals surface area contributed by atoms with E-state index in [4.69, 9.17) is 0 Å². The molecule has 0 aromatic carbocycles. The van der Waals surface area contributed by atoms with Crippen LogP contribution in [-0.2, 0) is 11.3 Å². The van der Waals surface area contributed by atoms with Crippen molar-refractivity contribution in [3.63, 3.8) is 0 Å². The van der Waals surface area contributed by atoms with Crippen LogP contribution in [0.25, 0.3) is 0 Å². The summed E-state index contributed by atoms with van der Waals surface area (Å²) in [6.45, 7) is 7.17. The number of nitrogens with zero attached hydrogens (tertiary/aromatic N) is 1. The monoisotopic (exact) mass is 266 g/mol. The molecule has 0 aliphatic heterocycles. The van der Waals surface area contributed by atoms with Crippen molar-refractivity contribution in [3.8, 4) is 0 Å². The van der Waals surface area contributed by atoms with Gasteiger partial charge in [-0.3, -0.25) is 4.79 Å². The van der Waals surface area contributed by atoms with Gasteiger partial charge in [-0.15, -0.1) is 0 Å². The molecule has 0 saturated carbocycles. The normalized spacial score (nSPS) is 13.3. The van der Waals surface area contributed by atoms with Gasteiger partial charge in [0.2, 0.25) is 5.91 Å². The summed E-state index contributed by atoms with van der Waals surface area (Å²) in [6.07, 6.45) is 6.09. The third kappa shape index (κ3) is 7.01. The SMILES string of the molecule is CC(C)(C)CC(CO)NC(=O)CCCn1cccc1. The second kappa shape index (κ2) is 7.34. The van der Waals surface area contributed by atoms with Gasteiger partial charge in [-0.2, -0.15) is 0 Å². The Hall–Kier alpha value is -1.29. The maximum Gasteiger partial charge on any atom is 0.220 e. The molecule has 1 atom stereocenters. The van der Waals surface area contributed by atoms with Crippen LogP contribution < -0.4 is 5.32 Å². The van der Waals surface area contributed by atoms with Gasteiger partial charge in [0.25, 0.3) is 0 Å². The lowest BCUT2D eigenvalue weighted by Crippen LogP contribution is -2.40. The van der Waals surface area contributed by atoms with Gasteiger partial charge in [-0.05, 0) is 30.4 Å². The highest BCUT2D eigenvalue weighted by molar-refractivity contribution is 5.76. The molecule has 0 radical (unpaired) electrons. The number of amides is 1. The molecule has 0 fully saturated rings. The minimum atomic E-state index is -0.140. The Morgan fingerprint density at radius 2 is 1.95 bits per heavy atom. The number of nitrogens with one attached hydrogen (secondary N) is 1. The molecule has 19 heavy (non-hydrogen) atoms. The van der Waals surface area contributed by atoms with Crippen LogP contribution in [0.15, 0.2) is 24.5 Å². The van der Waals surface area contributed by atoms with Crippen LogP contribution in [0, 0.1) is 5.41 Å². The molecule has 1 amide bonds. The van der Waals surface area contributed by atoms with Crippen molar-refractivity contribution in [2.75, 3.05) is 6.61 Å². The third-order valence-corrected chi connectivity index (χ3v) is 2.93. The molecular formula is C15H26N2O2. The molecule has 0 spiro atoms. The lowest BCUT2D eigenvalue weighted by molar-refractivity contribution is -0.122. The number of hydrogen-bond donors (Lipinski definition) is 2. The lowest BCUT2D eigenvalue weighted by atomic mass is 9.88. The smallest absolute Gasteiger partial charge is 0.220 e. The van der Waals surface area contributed by atoms with Gasteiger partial charge < -0.3 is 15.0 Å². The molecule has 2 N–H and O–H groups in total. The van der Waals surface area contributed by atoms with Crippen molar-refractivity contribution in [3.05, 3.63) is 24.5 Å². The summed E-state index contributed by atoms with van der Waals surface area (Å²) >= 11 is 0. The van der Waals surface area contributed by atoms with E-state index in [1.165, 1.54) is 0 Å². The second-order valence-electron chi connectivity index (χ2n) is 6.24. The van der Waals surface area contributed by atoms with Crippen LogP contribution in [0.3, 0.4) is 0 Å². The molecule has 0 aliphatic carbocycles. The van der Waals surface area contributed by atoms with Crippen LogP contribution >= 0.6 is 0 Å². The highest BCUT2D eigenvalue weighted by Crippen LogP contribution is 2.20. The molecule has 4 heteroatoms. The fourth-order valence-electron chi connectivity index (χ4n) is 2.14. The number of aliphatic hydroxyl groups excluding tert-OH is 1. The Kier molecular flexibility index (Phi) is 6.09. The maximum absolute atomic E-state index is 11.8. The van der Waals surface area contributed by atoms with Crippen molar-refractivity contribution >= 4 is 5.91 Å². The zero-order chi connectivity index (χ0) is 14.3. The number of carbonyl (C=O) groups is 1. The molecule has 0 aliphatic rings.